The van der Waals surface area contributed by atoms with Gasteiger partial charge in [-0.3, -0.25) is 0 Å². The molecule has 1 atom stereocenters. The zero-order valence-corrected chi connectivity index (χ0v) is 11.9. The van der Waals surface area contributed by atoms with Gasteiger partial charge in [-0.15, -0.1) is 0 Å². The molecule has 2 N–H and O–H groups in total. The minimum Gasteiger partial charge on any atom is -0.324 e. The van der Waals surface area contributed by atoms with Crippen molar-refractivity contribution in [1.82, 2.24) is 14.8 Å². The lowest BCUT2D eigenvalue weighted by atomic mass is 9.97. The smallest absolute Gasteiger partial charge is 0.138 e. The summed E-state index contributed by atoms with van der Waals surface area (Å²) in [6.07, 6.45) is 3.32. The van der Waals surface area contributed by atoms with E-state index in [4.69, 9.17) is 5.73 Å². The normalized spacial score (nSPS) is 12.9. The van der Waals surface area contributed by atoms with Gasteiger partial charge in [0, 0.05) is 18.5 Å². The topological polar surface area (TPSA) is 56.7 Å². The Bertz CT molecular complexity index is 530. The average Bonchev–Trinajstić information content (AvgIpc) is 2.87. The van der Waals surface area contributed by atoms with E-state index in [-0.39, 0.29) is 6.04 Å². The largest absolute Gasteiger partial charge is 0.324 e. The average molecular weight is 258 g/mol. The number of hydrogen-bond donors (Lipinski definition) is 1. The molecule has 102 valence electrons. The lowest BCUT2D eigenvalue weighted by Crippen LogP contribution is -2.19. The molecule has 0 spiro atoms. The number of nitrogens with zero attached hydrogens (tertiary/aromatic N) is 3. The third-order valence-electron chi connectivity index (χ3n) is 3.37. The van der Waals surface area contributed by atoms with Crippen molar-refractivity contribution in [2.75, 3.05) is 0 Å². The molecule has 19 heavy (non-hydrogen) atoms. The lowest BCUT2D eigenvalue weighted by Gasteiger charge is -2.17. The SMILES string of the molecule is CCc1ccccc1C(N)Cc1ncnn1C(C)C. The van der Waals surface area contributed by atoms with Crippen LogP contribution in [0.15, 0.2) is 30.6 Å². The highest BCUT2D eigenvalue weighted by atomic mass is 15.3. The monoisotopic (exact) mass is 258 g/mol. The highest BCUT2D eigenvalue weighted by Crippen LogP contribution is 2.20. The van der Waals surface area contributed by atoms with Gasteiger partial charge in [0.2, 0.25) is 0 Å². The summed E-state index contributed by atoms with van der Waals surface area (Å²) in [6, 6.07) is 8.64. The van der Waals surface area contributed by atoms with E-state index in [9.17, 15) is 0 Å². The van der Waals surface area contributed by atoms with E-state index in [1.807, 2.05) is 10.7 Å². The summed E-state index contributed by atoms with van der Waals surface area (Å²) >= 11 is 0. The van der Waals surface area contributed by atoms with Crippen LogP contribution in [0.2, 0.25) is 0 Å². The second-order valence-corrected chi connectivity index (χ2v) is 5.08. The maximum atomic E-state index is 6.35. The predicted molar refractivity (Wildman–Crippen MR) is 76.9 cm³/mol. The number of benzene rings is 1. The molecule has 0 fully saturated rings. The molecule has 0 aliphatic carbocycles. The Hall–Kier alpha value is -1.68. The second kappa shape index (κ2) is 5.97. The quantitative estimate of drug-likeness (QED) is 0.897. The van der Waals surface area contributed by atoms with Gasteiger partial charge in [0.05, 0.1) is 0 Å². The molecule has 0 bridgehead atoms. The van der Waals surface area contributed by atoms with E-state index >= 15 is 0 Å². The number of rotatable bonds is 5. The van der Waals surface area contributed by atoms with Crippen molar-refractivity contribution < 1.29 is 0 Å². The Kier molecular flexibility index (Phi) is 4.32. The molecular formula is C15H22N4. The van der Waals surface area contributed by atoms with Crippen LogP contribution in [-0.2, 0) is 12.8 Å². The maximum Gasteiger partial charge on any atom is 0.138 e. The Morgan fingerprint density at radius 2 is 2.00 bits per heavy atom. The lowest BCUT2D eigenvalue weighted by molar-refractivity contribution is 0.493. The summed E-state index contributed by atoms with van der Waals surface area (Å²) in [7, 11) is 0. The zero-order valence-electron chi connectivity index (χ0n) is 11.9. The molecule has 0 amide bonds. The van der Waals surface area contributed by atoms with Crippen LogP contribution in [0.3, 0.4) is 0 Å². The first-order valence-electron chi connectivity index (χ1n) is 6.85. The zero-order chi connectivity index (χ0) is 13.8. The third-order valence-corrected chi connectivity index (χ3v) is 3.37. The van der Waals surface area contributed by atoms with Crippen LogP contribution in [0.25, 0.3) is 0 Å². The number of nitrogens with two attached hydrogens (primary N) is 1. The summed E-state index contributed by atoms with van der Waals surface area (Å²) in [5.41, 5.74) is 8.87. The molecule has 4 heteroatoms. The molecule has 1 heterocycles. The minimum absolute atomic E-state index is 0.0298. The van der Waals surface area contributed by atoms with Crippen molar-refractivity contribution in [1.29, 1.82) is 0 Å². The Morgan fingerprint density at radius 1 is 1.26 bits per heavy atom. The number of aryl methyl sites for hydroxylation is 1. The van der Waals surface area contributed by atoms with Gasteiger partial charge < -0.3 is 5.73 Å². The van der Waals surface area contributed by atoms with E-state index in [0.717, 1.165) is 18.7 Å². The van der Waals surface area contributed by atoms with Gasteiger partial charge in [-0.05, 0) is 31.4 Å². The van der Waals surface area contributed by atoms with Crippen LogP contribution in [-0.4, -0.2) is 14.8 Å². The van der Waals surface area contributed by atoms with Crippen LogP contribution in [0.4, 0.5) is 0 Å². The van der Waals surface area contributed by atoms with Crippen LogP contribution >= 0.6 is 0 Å². The maximum absolute atomic E-state index is 6.35. The van der Waals surface area contributed by atoms with Crippen LogP contribution in [0.5, 0.6) is 0 Å². The van der Waals surface area contributed by atoms with E-state index in [2.05, 4.69) is 49.1 Å². The van der Waals surface area contributed by atoms with Crippen molar-refractivity contribution in [2.24, 2.45) is 5.73 Å². The van der Waals surface area contributed by atoms with Gasteiger partial charge in [0.15, 0.2) is 0 Å². The van der Waals surface area contributed by atoms with Crippen molar-refractivity contribution >= 4 is 0 Å². The molecule has 0 saturated heterocycles. The van der Waals surface area contributed by atoms with E-state index in [1.165, 1.54) is 11.1 Å². The van der Waals surface area contributed by atoms with Crippen molar-refractivity contribution in [3.63, 3.8) is 0 Å². The fourth-order valence-electron chi connectivity index (χ4n) is 2.38. The van der Waals surface area contributed by atoms with Gasteiger partial charge in [0.1, 0.15) is 12.2 Å². The number of aromatic nitrogens is 3. The summed E-state index contributed by atoms with van der Waals surface area (Å²) < 4.78 is 1.94. The molecule has 0 radical (unpaired) electrons. The van der Waals surface area contributed by atoms with Crippen molar-refractivity contribution in [3.05, 3.63) is 47.5 Å². The molecule has 2 aromatic rings. The van der Waals surface area contributed by atoms with Gasteiger partial charge in [-0.2, -0.15) is 5.10 Å². The Labute approximate surface area is 114 Å². The molecule has 0 saturated carbocycles. The van der Waals surface area contributed by atoms with Crippen molar-refractivity contribution in [3.8, 4) is 0 Å². The van der Waals surface area contributed by atoms with Gasteiger partial charge in [-0.25, -0.2) is 9.67 Å². The van der Waals surface area contributed by atoms with Crippen molar-refractivity contribution in [2.45, 2.75) is 45.7 Å². The summed E-state index contributed by atoms with van der Waals surface area (Å²) in [5, 5.41) is 4.26. The first-order chi connectivity index (χ1) is 9.13. The van der Waals surface area contributed by atoms with E-state index < -0.39 is 0 Å². The first-order valence-corrected chi connectivity index (χ1v) is 6.85. The molecule has 4 nitrogen and oxygen atoms in total. The molecule has 0 aliphatic rings. The molecule has 1 unspecified atom stereocenters. The van der Waals surface area contributed by atoms with Crippen LogP contribution in [0.1, 0.15) is 49.8 Å². The Balaban J connectivity index is 2.21. The van der Waals surface area contributed by atoms with Gasteiger partial charge in [-0.1, -0.05) is 31.2 Å². The summed E-state index contributed by atoms with van der Waals surface area (Å²) in [5.74, 6) is 0.952. The molecule has 2 rings (SSSR count). The Morgan fingerprint density at radius 3 is 2.68 bits per heavy atom. The first kappa shape index (κ1) is 13.7. The van der Waals surface area contributed by atoms with E-state index in [1.54, 1.807) is 6.33 Å². The van der Waals surface area contributed by atoms with E-state index in [0.29, 0.717) is 6.04 Å². The summed E-state index contributed by atoms with van der Waals surface area (Å²) in [6.45, 7) is 6.36. The fraction of sp³-hybridized carbons (Fsp3) is 0.467. The predicted octanol–water partition coefficient (Wildman–Crippen LogP) is 2.66. The van der Waals surface area contributed by atoms with Crippen LogP contribution in [0, 0.1) is 0 Å². The molecular weight excluding hydrogens is 236 g/mol. The van der Waals surface area contributed by atoms with Crippen LogP contribution < -0.4 is 5.73 Å². The summed E-state index contributed by atoms with van der Waals surface area (Å²) in [4.78, 5) is 4.33. The fourth-order valence-corrected chi connectivity index (χ4v) is 2.38. The molecule has 1 aromatic carbocycles. The number of hydrogen-bond acceptors (Lipinski definition) is 3. The van der Waals surface area contributed by atoms with Gasteiger partial charge in [0.25, 0.3) is 0 Å². The standard InChI is InChI=1S/C15H22N4/c1-4-12-7-5-6-8-13(12)14(16)9-15-17-10-18-19(15)11(2)3/h5-8,10-11,14H,4,9,16H2,1-3H3. The third kappa shape index (κ3) is 3.01. The molecule has 1 aromatic heterocycles. The second-order valence-electron chi connectivity index (χ2n) is 5.08. The van der Waals surface area contributed by atoms with Gasteiger partial charge >= 0.3 is 0 Å². The minimum atomic E-state index is -0.0298. The molecule has 0 aliphatic heterocycles. The highest BCUT2D eigenvalue weighted by molar-refractivity contribution is 5.30. The highest BCUT2D eigenvalue weighted by Gasteiger charge is 2.15.